The third-order valence-electron chi connectivity index (χ3n) is 13.1. The Bertz CT molecular complexity index is 949. The van der Waals surface area contributed by atoms with Crippen LogP contribution in [-0.2, 0) is 28.6 Å². The highest BCUT2D eigenvalue weighted by molar-refractivity contribution is 5.71. The van der Waals surface area contributed by atoms with Crippen molar-refractivity contribution >= 4 is 17.9 Å². The Morgan fingerprint density at radius 2 is 0.613 bits per heavy atom. The lowest BCUT2D eigenvalue weighted by atomic mass is 9.99. The molecule has 0 saturated carbocycles. The van der Waals surface area contributed by atoms with E-state index in [2.05, 4.69) is 34.6 Å². The molecule has 0 bridgehead atoms. The Balaban J connectivity index is 4.28. The molecule has 0 amide bonds. The van der Waals surface area contributed by atoms with Crippen LogP contribution >= 0.6 is 0 Å². The summed E-state index contributed by atoms with van der Waals surface area (Å²) in [5.41, 5.74) is 0. The van der Waals surface area contributed by atoms with Gasteiger partial charge in [-0.1, -0.05) is 272 Å². The molecule has 0 saturated heterocycles. The lowest BCUT2D eigenvalue weighted by Crippen LogP contribution is -2.30. The van der Waals surface area contributed by atoms with Gasteiger partial charge in [0.2, 0.25) is 0 Å². The number of carbonyl (C=O) groups is 3. The second kappa shape index (κ2) is 48.9. The number of carbonyl (C=O) groups excluding carboxylic acids is 3. The molecule has 0 spiro atoms. The van der Waals surface area contributed by atoms with Crippen molar-refractivity contribution in [3.63, 3.8) is 0 Å². The molecular weight excluding hydrogens is 769 g/mol. The molecule has 0 aliphatic rings. The Morgan fingerprint density at radius 1 is 0.339 bits per heavy atom. The molecule has 0 aromatic carbocycles. The fourth-order valence-electron chi connectivity index (χ4n) is 8.49. The van der Waals surface area contributed by atoms with Gasteiger partial charge in [0, 0.05) is 19.3 Å². The lowest BCUT2D eigenvalue weighted by Gasteiger charge is -2.18. The summed E-state index contributed by atoms with van der Waals surface area (Å²) < 4.78 is 16.8. The Hall–Kier alpha value is -1.59. The van der Waals surface area contributed by atoms with E-state index < -0.39 is 6.10 Å². The maximum Gasteiger partial charge on any atom is 0.306 e. The summed E-state index contributed by atoms with van der Waals surface area (Å²) in [7, 11) is 0. The van der Waals surface area contributed by atoms with Gasteiger partial charge in [0.15, 0.2) is 6.10 Å². The van der Waals surface area contributed by atoms with Crippen LogP contribution in [0.25, 0.3) is 0 Å². The molecule has 0 aromatic heterocycles. The normalized spacial score (nSPS) is 12.5. The molecule has 0 radical (unpaired) electrons. The predicted molar refractivity (Wildman–Crippen MR) is 266 cm³/mol. The predicted octanol–water partition coefficient (Wildman–Crippen LogP) is 18.1. The number of hydrogen-bond donors (Lipinski definition) is 0. The molecule has 2 atom stereocenters. The Morgan fingerprint density at radius 3 is 0.919 bits per heavy atom. The summed E-state index contributed by atoms with van der Waals surface area (Å²) in [6, 6.07) is 0. The van der Waals surface area contributed by atoms with Gasteiger partial charge >= 0.3 is 17.9 Å². The standard InChI is InChI=1S/C56H108O6/c1-6-8-9-10-11-12-19-26-31-36-41-46-54(57)60-49-53(50-61-55(58)47-42-37-32-27-22-18-17-20-24-29-34-39-44-51(3)4)62-56(59)48-43-38-33-28-23-16-14-13-15-21-25-30-35-40-45-52(5)7-2/h51-53H,6-50H2,1-5H3/t52?,53-/m0/s1. The van der Waals surface area contributed by atoms with Crippen molar-refractivity contribution in [3.8, 4) is 0 Å². The minimum absolute atomic E-state index is 0.0631. The maximum absolute atomic E-state index is 12.8. The van der Waals surface area contributed by atoms with Crippen LogP contribution < -0.4 is 0 Å². The number of rotatable bonds is 50. The molecule has 0 aliphatic heterocycles. The molecule has 6 nitrogen and oxygen atoms in total. The first-order valence-electron chi connectivity index (χ1n) is 27.8. The molecule has 6 heteroatoms. The van der Waals surface area contributed by atoms with Crippen molar-refractivity contribution < 1.29 is 28.6 Å². The summed E-state index contributed by atoms with van der Waals surface area (Å²) in [5, 5.41) is 0. The van der Waals surface area contributed by atoms with Crippen LogP contribution in [0.2, 0.25) is 0 Å². The molecule has 0 N–H and O–H groups in total. The van der Waals surface area contributed by atoms with Gasteiger partial charge in [0.1, 0.15) is 13.2 Å². The van der Waals surface area contributed by atoms with E-state index in [1.54, 1.807) is 0 Å². The monoisotopic (exact) mass is 877 g/mol. The summed E-state index contributed by atoms with van der Waals surface area (Å²) in [4.78, 5) is 38.0. The Kier molecular flexibility index (Phi) is 47.6. The first-order valence-corrected chi connectivity index (χ1v) is 27.8. The van der Waals surface area contributed by atoms with Crippen LogP contribution in [0.4, 0.5) is 0 Å². The first-order chi connectivity index (χ1) is 30.3. The highest BCUT2D eigenvalue weighted by atomic mass is 16.6. The van der Waals surface area contributed by atoms with Crippen molar-refractivity contribution in [3.05, 3.63) is 0 Å². The van der Waals surface area contributed by atoms with Gasteiger partial charge in [-0.15, -0.1) is 0 Å². The zero-order valence-corrected chi connectivity index (χ0v) is 42.5. The van der Waals surface area contributed by atoms with Crippen LogP contribution in [0, 0.1) is 11.8 Å². The number of ether oxygens (including phenoxy) is 3. The van der Waals surface area contributed by atoms with E-state index in [0.717, 1.165) is 69.6 Å². The number of unbranched alkanes of at least 4 members (excludes halogenated alkanes) is 34. The van der Waals surface area contributed by atoms with Crippen molar-refractivity contribution in [1.29, 1.82) is 0 Å². The summed E-state index contributed by atoms with van der Waals surface area (Å²) in [5.74, 6) is 0.885. The van der Waals surface area contributed by atoms with Gasteiger partial charge in [-0.25, -0.2) is 0 Å². The SMILES string of the molecule is CCCCCCCCCCCCCC(=O)OC[C@@H](COC(=O)CCCCCCCCCCCCCCC(C)C)OC(=O)CCCCCCCCCCCCCCCCC(C)CC. The third-order valence-corrected chi connectivity index (χ3v) is 13.1. The molecule has 0 rings (SSSR count). The molecular formula is C56H108O6. The molecule has 62 heavy (non-hydrogen) atoms. The molecule has 1 unspecified atom stereocenters. The van der Waals surface area contributed by atoms with E-state index in [9.17, 15) is 14.4 Å². The smallest absolute Gasteiger partial charge is 0.306 e. The van der Waals surface area contributed by atoms with Gasteiger partial charge < -0.3 is 14.2 Å². The van der Waals surface area contributed by atoms with Gasteiger partial charge in [-0.2, -0.15) is 0 Å². The van der Waals surface area contributed by atoms with Crippen LogP contribution in [0.3, 0.4) is 0 Å². The van der Waals surface area contributed by atoms with E-state index >= 15 is 0 Å². The van der Waals surface area contributed by atoms with E-state index in [1.807, 2.05) is 0 Å². The third kappa shape index (κ3) is 47.9. The zero-order chi connectivity index (χ0) is 45.4. The average molecular weight is 877 g/mol. The number of hydrogen-bond acceptors (Lipinski definition) is 6. The van der Waals surface area contributed by atoms with E-state index in [0.29, 0.717) is 19.3 Å². The summed E-state index contributed by atoms with van der Waals surface area (Å²) >= 11 is 0. The molecule has 0 aromatic rings. The van der Waals surface area contributed by atoms with Crippen LogP contribution in [0.15, 0.2) is 0 Å². The highest BCUT2D eigenvalue weighted by Crippen LogP contribution is 2.18. The first kappa shape index (κ1) is 60.4. The van der Waals surface area contributed by atoms with E-state index in [4.69, 9.17) is 14.2 Å². The van der Waals surface area contributed by atoms with Gasteiger partial charge in [-0.05, 0) is 31.1 Å². The van der Waals surface area contributed by atoms with Gasteiger partial charge in [-0.3, -0.25) is 14.4 Å². The van der Waals surface area contributed by atoms with Gasteiger partial charge in [0.25, 0.3) is 0 Å². The minimum Gasteiger partial charge on any atom is -0.462 e. The van der Waals surface area contributed by atoms with E-state index in [-0.39, 0.29) is 31.1 Å². The quantitative estimate of drug-likeness (QED) is 0.0344. The molecule has 0 aliphatic carbocycles. The van der Waals surface area contributed by atoms with Crippen LogP contribution in [-0.4, -0.2) is 37.2 Å². The fourth-order valence-corrected chi connectivity index (χ4v) is 8.49. The second-order valence-electron chi connectivity index (χ2n) is 19.9. The van der Waals surface area contributed by atoms with Crippen molar-refractivity contribution in [1.82, 2.24) is 0 Å². The zero-order valence-electron chi connectivity index (χ0n) is 42.5. The second-order valence-corrected chi connectivity index (χ2v) is 19.9. The highest BCUT2D eigenvalue weighted by Gasteiger charge is 2.19. The molecule has 0 heterocycles. The maximum atomic E-state index is 12.8. The lowest BCUT2D eigenvalue weighted by molar-refractivity contribution is -0.167. The summed E-state index contributed by atoms with van der Waals surface area (Å²) in [6.07, 6.45) is 50.8. The topological polar surface area (TPSA) is 78.9 Å². The average Bonchev–Trinajstić information content (AvgIpc) is 3.26. The van der Waals surface area contributed by atoms with Crippen molar-refractivity contribution in [2.24, 2.45) is 11.8 Å². The molecule has 368 valence electrons. The minimum atomic E-state index is -0.762. The Labute approximate surface area is 387 Å². The van der Waals surface area contributed by atoms with E-state index in [1.165, 1.54) is 199 Å². The van der Waals surface area contributed by atoms with Crippen LogP contribution in [0.5, 0.6) is 0 Å². The summed E-state index contributed by atoms with van der Waals surface area (Å²) in [6.45, 7) is 11.4. The molecule has 0 fully saturated rings. The number of esters is 3. The largest absolute Gasteiger partial charge is 0.462 e. The van der Waals surface area contributed by atoms with Crippen molar-refractivity contribution in [2.45, 2.75) is 317 Å². The van der Waals surface area contributed by atoms with Crippen molar-refractivity contribution in [2.75, 3.05) is 13.2 Å². The van der Waals surface area contributed by atoms with Gasteiger partial charge in [0.05, 0.1) is 0 Å². The van der Waals surface area contributed by atoms with Crippen LogP contribution in [0.1, 0.15) is 311 Å². The fraction of sp³-hybridized carbons (Fsp3) is 0.946.